The molecule has 1 unspecified atom stereocenters. The Morgan fingerprint density at radius 2 is 1.86 bits per heavy atom. The van der Waals surface area contributed by atoms with Gasteiger partial charge in [0.1, 0.15) is 5.78 Å². The molecule has 0 saturated carbocycles. The Kier molecular flexibility index (Phi) is 12.3. The summed E-state index contributed by atoms with van der Waals surface area (Å²) in [6, 6.07) is 0. The summed E-state index contributed by atoms with van der Waals surface area (Å²) < 4.78 is 0. The van der Waals surface area contributed by atoms with E-state index in [1.54, 1.807) is 0 Å². The van der Waals surface area contributed by atoms with Crippen molar-refractivity contribution < 1.29 is 9.90 Å². The zero-order valence-electron chi connectivity index (χ0n) is 14.4. The number of aliphatic hydroxyl groups excluding tert-OH is 1. The van der Waals surface area contributed by atoms with E-state index in [2.05, 4.69) is 33.8 Å². The van der Waals surface area contributed by atoms with Gasteiger partial charge >= 0.3 is 0 Å². The molecule has 2 nitrogen and oxygen atoms in total. The Balaban J connectivity index is 3.63. The Morgan fingerprint density at radius 1 is 1.14 bits per heavy atom. The number of Topliss-reactive ketones (excluding diaryl/α,β-unsaturated/α-hetero) is 1. The quantitative estimate of drug-likeness (QED) is 0.510. The monoisotopic (exact) mass is 294 g/mol. The third kappa shape index (κ3) is 13.8. The van der Waals surface area contributed by atoms with Gasteiger partial charge in [0.15, 0.2) is 0 Å². The Labute approximate surface area is 131 Å². The molecule has 0 spiro atoms. The minimum absolute atomic E-state index is 0.154. The first kappa shape index (κ1) is 20.1. The number of hydrogen-bond donors (Lipinski definition) is 1. The van der Waals surface area contributed by atoms with Gasteiger partial charge in [0.05, 0.1) is 6.61 Å². The number of rotatable bonds is 12. The van der Waals surface area contributed by atoms with Crippen molar-refractivity contribution in [2.75, 3.05) is 6.61 Å². The van der Waals surface area contributed by atoms with Gasteiger partial charge in [0.2, 0.25) is 0 Å². The van der Waals surface area contributed by atoms with Crippen molar-refractivity contribution in [1.29, 1.82) is 0 Å². The first-order chi connectivity index (χ1) is 9.95. The van der Waals surface area contributed by atoms with E-state index >= 15 is 0 Å². The van der Waals surface area contributed by atoms with Crippen LogP contribution in [0.3, 0.4) is 0 Å². The molecule has 0 aromatic carbocycles. The smallest absolute Gasteiger partial charge is 0.136 e. The zero-order valence-corrected chi connectivity index (χ0v) is 14.4. The fourth-order valence-electron chi connectivity index (χ4n) is 2.38. The second-order valence-electron chi connectivity index (χ2n) is 6.62. The molecule has 0 amide bonds. The Morgan fingerprint density at radius 3 is 2.48 bits per heavy atom. The van der Waals surface area contributed by atoms with E-state index in [1.807, 2.05) is 12.2 Å². The largest absolute Gasteiger partial charge is 0.392 e. The van der Waals surface area contributed by atoms with E-state index < -0.39 is 0 Å². The summed E-state index contributed by atoms with van der Waals surface area (Å²) >= 11 is 0. The van der Waals surface area contributed by atoms with Crippen LogP contribution < -0.4 is 0 Å². The highest BCUT2D eigenvalue weighted by Gasteiger charge is 2.03. The molecule has 0 bridgehead atoms. The molecule has 0 saturated heterocycles. The molecular formula is C19H34O2. The molecule has 122 valence electrons. The van der Waals surface area contributed by atoms with Crippen LogP contribution in [0.5, 0.6) is 0 Å². The summed E-state index contributed by atoms with van der Waals surface area (Å²) in [5, 5.41) is 8.79. The molecule has 0 aromatic heterocycles. The predicted molar refractivity (Wildman–Crippen MR) is 91.3 cm³/mol. The van der Waals surface area contributed by atoms with E-state index in [0.717, 1.165) is 18.8 Å². The lowest BCUT2D eigenvalue weighted by Crippen LogP contribution is -2.00. The summed E-state index contributed by atoms with van der Waals surface area (Å²) in [6.45, 7) is 8.70. The SMILES string of the molecule is C/C(=C\CO)CCCC(C)CC/C=C/CC(=O)CC(C)C. The highest BCUT2D eigenvalue weighted by molar-refractivity contribution is 5.79. The van der Waals surface area contributed by atoms with Crippen molar-refractivity contribution in [1.82, 2.24) is 0 Å². The van der Waals surface area contributed by atoms with E-state index in [-0.39, 0.29) is 6.61 Å². The van der Waals surface area contributed by atoms with Crippen LogP contribution in [0, 0.1) is 11.8 Å². The molecule has 1 N–H and O–H groups in total. The molecule has 0 aliphatic carbocycles. The predicted octanol–water partition coefficient (Wildman–Crippen LogP) is 5.07. The Hall–Kier alpha value is -0.890. The molecule has 0 fully saturated rings. The standard InChI is InChI=1S/C19H34O2/c1-16(2)15-19(21)12-7-5-6-9-17(3)10-8-11-18(4)13-14-20/h5,7,13,16-17,20H,6,8-12,14-15H2,1-4H3/b7-5+,18-13+. The van der Waals surface area contributed by atoms with E-state index in [9.17, 15) is 4.79 Å². The van der Waals surface area contributed by atoms with Gasteiger partial charge in [-0.05, 0) is 44.4 Å². The van der Waals surface area contributed by atoms with Crippen LogP contribution in [-0.4, -0.2) is 17.5 Å². The van der Waals surface area contributed by atoms with Crippen LogP contribution in [0.1, 0.15) is 72.6 Å². The van der Waals surface area contributed by atoms with Gasteiger partial charge in [-0.15, -0.1) is 0 Å². The number of aliphatic hydroxyl groups is 1. The molecule has 0 heterocycles. The van der Waals surface area contributed by atoms with Crippen molar-refractivity contribution in [3.05, 3.63) is 23.8 Å². The molecule has 21 heavy (non-hydrogen) atoms. The first-order valence-corrected chi connectivity index (χ1v) is 8.38. The molecule has 0 aliphatic rings. The van der Waals surface area contributed by atoms with Gasteiger partial charge < -0.3 is 5.11 Å². The summed E-state index contributed by atoms with van der Waals surface area (Å²) in [7, 11) is 0. The minimum Gasteiger partial charge on any atom is -0.392 e. The van der Waals surface area contributed by atoms with Crippen molar-refractivity contribution in [3.8, 4) is 0 Å². The first-order valence-electron chi connectivity index (χ1n) is 8.38. The number of ketones is 1. The fraction of sp³-hybridized carbons (Fsp3) is 0.737. The third-order valence-electron chi connectivity index (χ3n) is 3.68. The van der Waals surface area contributed by atoms with Crippen LogP contribution in [0.15, 0.2) is 23.8 Å². The van der Waals surface area contributed by atoms with Crippen LogP contribution in [-0.2, 0) is 4.79 Å². The molecule has 0 aromatic rings. The average molecular weight is 294 g/mol. The van der Waals surface area contributed by atoms with Gasteiger partial charge in [-0.3, -0.25) is 4.79 Å². The number of carbonyl (C=O) groups excluding carboxylic acids is 1. The third-order valence-corrected chi connectivity index (χ3v) is 3.68. The van der Waals surface area contributed by atoms with Gasteiger partial charge in [-0.2, -0.15) is 0 Å². The lowest BCUT2D eigenvalue weighted by atomic mass is 9.97. The second-order valence-corrected chi connectivity index (χ2v) is 6.62. The van der Waals surface area contributed by atoms with Crippen LogP contribution in [0.25, 0.3) is 0 Å². The number of hydrogen-bond acceptors (Lipinski definition) is 2. The van der Waals surface area contributed by atoms with Crippen LogP contribution >= 0.6 is 0 Å². The maximum Gasteiger partial charge on any atom is 0.136 e. The summed E-state index contributed by atoms with van der Waals surface area (Å²) in [5.41, 5.74) is 1.29. The summed E-state index contributed by atoms with van der Waals surface area (Å²) in [5.74, 6) is 1.54. The van der Waals surface area contributed by atoms with Crippen molar-refractivity contribution in [2.24, 2.45) is 11.8 Å². The minimum atomic E-state index is 0.154. The molecule has 2 heteroatoms. The van der Waals surface area contributed by atoms with E-state index in [4.69, 9.17) is 5.11 Å². The fourth-order valence-corrected chi connectivity index (χ4v) is 2.38. The normalized spacial score (nSPS) is 14.1. The molecule has 0 aliphatic heterocycles. The zero-order chi connectivity index (χ0) is 16.1. The maximum absolute atomic E-state index is 11.5. The highest BCUT2D eigenvalue weighted by atomic mass is 16.2. The molecule has 1 atom stereocenters. The van der Waals surface area contributed by atoms with Crippen molar-refractivity contribution in [3.63, 3.8) is 0 Å². The lowest BCUT2D eigenvalue weighted by molar-refractivity contribution is -0.118. The second kappa shape index (κ2) is 12.8. The van der Waals surface area contributed by atoms with Gasteiger partial charge in [0.25, 0.3) is 0 Å². The molecular weight excluding hydrogens is 260 g/mol. The van der Waals surface area contributed by atoms with Crippen molar-refractivity contribution in [2.45, 2.75) is 72.6 Å². The highest BCUT2D eigenvalue weighted by Crippen LogP contribution is 2.16. The van der Waals surface area contributed by atoms with Crippen LogP contribution in [0.2, 0.25) is 0 Å². The Bertz CT molecular complexity index is 326. The van der Waals surface area contributed by atoms with Crippen molar-refractivity contribution >= 4 is 5.78 Å². The van der Waals surface area contributed by atoms with Crippen LogP contribution in [0.4, 0.5) is 0 Å². The van der Waals surface area contributed by atoms with Gasteiger partial charge in [-0.1, -0.05) is 51.0 Å². The topological polar surface area (TPSA) is 37.3 Å². The van der Waals surface area contributed by atoms with E-state index in [0.29, 0.717) is 24.5 Å². The number of allylic oxidation sites excluding steroid dienone is 3. The maximum atomic E-state index is 11.5. The average Bonchev–Trinajstić information content (AvgIpc) is 2.37. The molecule has 0 radical (unpaired) electrons. The number of carbonyl (C=O) groups is 1. The van der Waals surface area contributed by atoms with Gasteiger partial charge in [-0.25, -0.2) is 0 Å². The van der Waals surface area contributed by atoms with E-state index in [1.165, 1.54) is 24.8 Å². The van der Waals surface area contributed by atoms with Gasteiger partial charge in [0, 0.05) is 12.8 Å². The lowest BCUT2D eigenvalue weighted by Gasteiger charge is -2.09. The summed E-state index contributed by atoms with van der Waals surface area (Å²) in [4.78, 5) is 11.5. The molecule has 0 rings (SSSR count). The summed E-state index contributed by atoms with van der Waals surface area (Å²) in [6.07, 6.45) is 13.2.